The molecule has 2 heterocycles. The number of carbonyl (C=O) groups excluding carboxylic acids is 1. The topological polar surface area (TPSA) is 145 Å². The number of carbonyl (C=O) groups is 1. The minimum Gasteiger partial charge on any atom is -0.395 e. The first kappa shape index (κ1) is 22.2. The number of halogens is 1. The van der Waals surface area contributed by atoms with E-state index in [1.165, 1.54) is 30.2 Å². The van der Waals surface area contributed by atoms with Gasteiger partial charge in [-0.15, -0.1) is 0 Å². The van der Waals surface area contributed by atoms with Gasteiger partial charge in [0.1, 0.15) is 6.10 Å². The summed E-state index contributed by atoms with van der Waals surface area (Å²) in [5, 5.41) is 36.4. The molecule has 2 saturated carbocycles. The molecule has 0 spiro atoms. The number of aliphatic hydroxyl groups excluding tert-OH is 3. The lowest BCUT2D eigenvalue weighted by molar-refractivity contribution is -0.135. The maximum Gasteiger partial charge on any atom is 0.226 e. The van der Waals surface area contributed by atoms with E-state index in [4.69, 9.17) is 16.7 Å². The molecule has 0 radical (unpaired) electrons. The van der Waals surface area contributed by atoms with Crippen molar-refractivity contribution in [2.75, 3.05) is 18.5 Å². The lowest BCUT2D eigenvalue weighted by Crippen LogP contribution is -2.42. The number of amides is 1. The highest BCUT2D eigenvalue weighted by molar-refractivity contribution is 6.28. The second-order valence-corrected chi connectivity index (χ2v) is 8.86. The van der Waals surface area contributed by atoms with Crippen molar-refractivity contribution in [1.82, 2.24) is 24.8 Å². The fourth-order valence-electron chi connectivity index (χ4n) is 5.05. The summed E-state index contributed by atoms with van der Waals surface area (Å²) in [5.41, 5.74) is 0.735. The number of aromatic nitrogens is 4. The van der Waals surface area contributed by atoms with Crippen molar-refractivity contribution >= 4 is 34.5 Å². The Bertz CT molecular complexity index is 940. The maximum absolute atomic E-state index is 12.3. The normalized spacial score (nSPS) is 25.5. The second kappa shape index (κ2) is 9.23. The van der Waals surface area contributed by atoms with Gasteiger partial charge in [0.25, 0.3) is 0 Å². The van der Waals surface area contributed by atoms with Crippen LogP contribution < -0.4 is 10.6 Å². The molecule has 11 heteroatoms. The van der Waals surface area contributed by atoms with E-state index >= 15 is 0 Å². The predicted molar refractivity (Wildman–Crippen MR) is 114 cm³/mol. The molecule has 0 saturated heterocycles. The molecule has 0 aromatic carbocycles. The van der Waals surface area contributed by atoms with Gasteiger partial charge in [-0.2, -0.15) is 9.97 Å². The Hall–Kier alpha value is -2.01. The fourth-order valence-corrected chi connectivity index (χ4v) is 5.21. The molecule has 170 valence electrons. The van der Waals surface area contributed by atoms with E-state index < -0.39 is 24.2 Å². The molecule has 2 aromatic heterocycles. The van der Waals surface area contributed by atoms with Crippen molar-refractivity contribution in [2.45, 2.75) is 57.4 Å². The Labute approximate surface area is 185 Å². The van der Waals surface area contributed by atoms with Crippen LogP contribution in [0.1, 0.15) is 45.3 Å². The van der Waals surface area contributed by atoms with Crippen LogP contribution in [0.15, 0.2) is 6.33 Å². The number of fused-ring (bicyclic) bond motifs is 3. The van der Waals surface area contributed by atoms with Crippen LogP contribution in [0.3, 0.4) is 0 Å². The highest BCUT2D eigenvalue weighted by Crippen LogP contribution is 2.45. The summed E-state index contributed by atoms with van der Waals surface area (Å²) in [6.45, 7) is 1.61. The molecule has 4 rings (SSSR count). The summed E-state index contributed by atoms with van der Waals surface area (Å²) in [6, 6.07) is 0.313. The predicted octanol–water partition coefficient (Wildman–Crippen LogP) is 1.07. The smallest absolute Gasteiger partial charge is 0.226 e. The molecule has 0 aliphatic heterocycles. The van der Waals surface area contributed by atoms with Crippen molar-refractivity contribution in [1.29, 1.82) is 0 Å². The summed E-state index contributed by atoms with van der Waals surface area (Å²) in [4.78, 5) is 25.2. The summed E-state index contributed by atoms with van der Waals surface area (Å²) in [7, 11) is 0. The number of nitrogens with one attached hydrogen (secondary N) is 2. The zero-order valence-electron chi connectivity index (χ0n) is 17.4. The second-order valence-electron chi connectivity index (χ2n) is 8.52. The van der Waals surface area contributed by atoms with Gasteiger partial charge in [-0.05, 0) is 49.1 Å². The van der Waals surface area contributed by atoms with Crippen molar-refractivity contribution in [3.8, 4) is 0 Å². The molecule has 6 atom stereocenters. The summed E-state index contributed by atoms with van der Waals surface area (Å²) in [5.74, 6) is 0.571. The number of aliphatic hydroxyl groups is 3. The number of imidazole rings is 1. The molecule has 2 fully saturated rings. The molecule has 2 aliphatic carbocycles. The van der Waals surface area contributed by atoms with Crippen LogP contribution in [0.5, 0.6) is 0 Å². The van der Waals surface area contributed by atoms with E-state index in [2.05, 4.69) is 25.6 Å². The summed E-state index contributed by atoms with van der Waals surface area (Å²) < 4.78 is 1.31. The van der Waals surface area contributed by atoms with Gasteiger partial charge in [0.15, 0.2) is 23.2 Å². The zero-order chi connectivity index (χ0) is 22.1. The van der Waals surface area contributed by atoms with E-state index in [1.807, 2.05) is 0 Å². The lowest BCUT2D eigenvalue weighted by atomic mass is 9.95. The standard InChI is InChI=1S/C20H29ClN6O4/c1-2-12(18(30)22-5-6-28)15(29)19(31)27-9-23-14-16(25-20(21)26-17(14)27)24-13-8-10-3-4-11(13)7-10/h9-13,15,19,28-29,31H,2-8H2,1H3,(H,22,30)(H,24,25,26)/t10?,11?,12?,13?,15-,19-/m1/s1. The molecule has 4 unspecified atom stereocenters. The molecular weight excluding hydrogens is 424 g/mol. The Morgan fingerprint density at radius 3 is 2.77 bits per heavy atom. The third kappa shape index (κ3) is 4.34. The van der Waals surface area contributed by atoms with Crippen LogP contribution >= 0.6 is 11.6 Å². The van der Waals surface area contributed by atoms with Crippen LogP contribution in [0.25, 0.3) is 11.2 Å². The van der Waals surface area contributed by atoms with Crippen molar-refractivity contribution in [3.05, 3.63) is 11.6 Å². The first-order chi connectivity index (χ1) is 14.9. The Morgan fingerprint density at radius 2 is 2.13 bits per heavy atom. The molecule has 10 nitrogen and oxygen atoms in total. The lowest BCUT2D eigenvalue weighted by Gasteiger charge is -2.26. The summed E-state index contributed by atoms with van der Waals surface area (Å²) in [6.07, 6.45) is 3.62. The van der Waals surface area contributed by atoms with E-state index in [0.717, 1.165) is 12.3 Å². The van der Waals surface area contributed by atoms with Gasteiger partial charge in [-0.3, -0.25) is 9.36 Å². The summed E-state index contributed by atoms with van der Waals surface area (Å²) >= 11 is 6.16. The average Bonchev–Trinajstić information content (AvgIpc) is 3.47. The third-order valence-electron chi connectivity index (χ3n) is 6.64. The molecule has 5 N–H and O–H groups in total. The number of nitrogens with zero attached hydrogens (tertiary/aromatic N) is 4. The van der Waals surface area contributed by atoms with Crippen LogP contribution in [0, 0.1) is 17.8 Å². The Balaban J connectivity index is 1.57. The SMILES string of the molecule is CCC(C(=O)NCCO)[C@@H](O)[C@@H](O)n1cnc2c(NC3CC4CCC3C4)nc(Cl)nc21. The van der Waals surface area contributed by atoms with Gasteiger partial charge < -0.3 is 26.0 Å². The van der Waals surface area contributed by atoms with Gasteiger partial charge in [-0.25, -0.2) is 4.98 Å². The number of hydrogen-bond donors (Lipinski definition) is 5. The number of anilines is 1. The fraction of sp³-hybridized carbons (Fsp3) is 0.700. The van der Waals surface area contributed by atoms with Crippen LogP contribution in [0.2, 0.25) is 5.28 Å². The number of hydrogen-bond acceptors (Lipinski definition) is 8. The van der Waals surface area contributed by atoms with Crippen molar-refractivity contribution < 1.29 is 20.1 Å². The van der Waals surface area contributed by atoms with Gasteiger partial charge in [0, 0.05) is 12.6 Å². The van der Waals surface area contributed by atoms with E-state index in [9.17, 15) is 15.0 Å². The quantitative estimate of drug-likeness (QED) is 0.355. The molecule has 2 bridgehead atoms. The third-order valence-corrected chi connectivity index (χ3v) is 6.81. The molecule has 1 amide bonds. The van der Waals surface area contributed by atoms with Crippen molar-refractivity contribution in [3.63, 3.8) is 0 Å². The van der Waals surface area contributed by atoms with Gasteiger partial charge >= 0.3 is 0 Å². The van der Waals surface area contributed by atoms with Crippen LogP contribution in [0.4, 0.5) is 5.82 Å². The molecule has 2 aliphatic rings. The Morgan fingerprint density at radius 1 is 1.32 bits per heavy atom. The minimum atomic E-state index is -1.46. The van der Waals surface area contributed by atoms with Gasteiger partial charge in [-0.1, -0.05) is 13.3 Å². The molecular formula is C20H29ClN6O4. The first-order valence-corrected chi connectivity index (χ1v) is 11.2. The number of rotatable bonds is 9. The van der Waals surface area contributed by atoms with Crippen LogP contribution in [-0.4, -0.2) is 66.0 Å². The largest absolute Gasteiger partial charge is 0.395 e. The maximum atomic E-state index is 12.3. The monoisotopic (exact) mass is 452 g/mol. The Kier molecular flexibility index (Phi) is 6.61. The molecule has 31 heavy (non-hydrogen) atoms. The van der Waals surface area contributed by atoms with Crippen LogP contribution in [-0.2, 0) is 4.79 Å². The van der Waals surface area contributed by atoms with Gasteiger partial charge in [0.05, 0.1) is 18.9 Å². The van der Waals surface area contributed by atoms with E-state index in [0.29, 0.717) is 29.7 Å². The first-order valence-electron chi connectivity index (χ1n) is 10.8. The van der Waals surface area contributed by atoms with E-state index in [1.54, 1.807) is 6.92 Å². The molecule has 2 aromatic rings. The van der Waals surface area contributed by atoms with Crippen molar-refractivity contribution in [2.24, 2.45) is 17.8 Å². The highest BCUT2D eigenvalue weighted by Gasteiger charge is 2.40. The highest BCUT2D eigenvalue weighted by atomic mass is 35.5. The average molecular weight is 453 g/mol. The van der Waals surface area contributed by atoms with E-state index in [-0.39, 0.29) is 24.1 Å². The van der Waals surface area contributed by atoms with Gasteiger partial charge in [0.2, 0.25) is 11.2 Å². The zero-order valence-corrected chi connectivity index (χ0v) is 18.2. The minimum absolute atomic E-state index is 0.00864.